The third-order valence-corrected chi connectivity index (χ3v) is 5.15. The Labute approximate surface area is 163 Å². The molecule has 1 saturated heterocycles. The number of hydrogen-bond acceptors (Lipinski definition) is 4. The van der Waals surface area contributed by atoms with Crippen molar-refractivity contribution in [3.8, 4) is 5.75 Å². The molecule has 2 aromatic rings. The molecular weight excluding hydrogens is 361 g/mol. The molecule has 0 radical (unpaired) electrons. The van der Waals surface area contributed by atoms with Crippen LogP contribution in [-0.4, -0.2) is 43.5 Å². The molecule has 0 aromatic heterocycles. The number of benzene rings is 2. The number of anilines is 1. The van der Waals surface area contributed by atoms with Gasteiger partial charge in [-0.2, -0.15) is 0 Å². The maximum Gasteiger partial charge on any atom is 0.255 e. The fourth-order valence-electron chi connectivity index (χ4n) is 3.28. The number of halogens is 1. The van der Waals surface area contributed by atoms with Crippen LogP contribution in [0.15, 0.2) is 42.5 Å². The fraction of sp³-hybridized carbons (Fsp3) is 0.333. The first-order valence-corrected chi connectivity index (χ1v) is 9.09. The lowest BCUT2D eigenvalue weighted by atomic mass is 9.90. The number of nitrogens with two attached hydrogens (primary N) is 1. The lowest BCUT2D eigenvalue weighted by Crippen LogP contribution is -2.35. The zero-order valence-corrected chi connectivity index (χ0v) is 16.0. The number of hydrogen-bond donors (Lipinski definition) is 2. The first-order valence-electron chi connectivity index (χ1n) is 9.09. The van der Waals surface area contributed by atoms with E-state index in [-0.39, 0.29) is 22.6 Å². The molecule has 1 heterocycles. The Bertz CT molecular complexity index is 885. The van der Waals surface area contributed by atoms with Crippen LogP contribution >= 0.6 is 0 Å². The lowest BCUT2D eigenvalue weighted by molar-refractivity contribution is 0.0778. The SMILES string of the molecule is COc1ccc(C(=O)Nc2cc(F)ccc2C(=O)N2CCC(C)(CN)C2)cc1. The molecule has 0 saturated carbocycles. The molecule has 1 aliphatic heterocycles. The Morgan fingerprint density at radius 3 is 2.57 bits per heavy atom. The molecule has 1 fully saturated rings. The van der Waals surface area contributed by atoms with Gasteiger partial charge in [0.15, 0.2) is 0 Å². The van der Waals surface area contributed by atoms with E-state index in [2.05, 4.69) is 5.32 Å². The van der Waals surface area contributed by atoms with Crippen LogP contribution in [0.25, 0.3) is 0 Å². The van der Waals surface area contributed by atoms with Crippen molar-refractivity contribution in [3.63, 3.8) is 0 Å². The molecule has 0 spiro atoms. The predicted molar refractivity (Wildman–Crippen MR) is 105 cm³/mol. The van der Waals surface area contributed by atoms with Crippen LogP contribution in [0, 0.1) is 11.2 Å². The maximum absolute atomic E-state index is 13.8. The number of nitrogens with zero attached hydrogens (tertiary/aromatic N) is 1. The van der Waals surface area contributed by atoms with Crippen LogP contribution in [0.3, 0.4) is 0 Å². The third-order valence-electron chi connectivity index (χ3n) is 5.15. The van der Waals surface area contributed by atoms with E-state index in [4.69, 9.17) is 10.5 Å². The number of methoxy groups -OCH3 is 1. The van der Waals surface area contributed by atoms with Crippen LogP contribution in [0.4, 0.5) is 10.1 Å². The van der Waals surface area contributed by atoms with E-state index in [0.717, 1.165) is 12.5 Å². The van der Waals surface area contributed by atoms with Gasteiger partial charge in [-0.05, 0) is 60.8 Å². The van der Waals surface area contributed by atoms with Gasteiger partial charge in [0.2, 0.25) is 0 Å². The molecule has 2 aromatic carbocycles. The second-order valence-electron chi connectivity index (χ2n) is 7.36. The molecule has 0 aliphatic carbocycles. The molecule has 28 heavy (non-hydrogen) atoms. The van der Waals surface area contributed by atoms with Crippen molar-refractivity contribution in [3.05, 3.63) is 59.4 Å². The Morgan fingerprint density at radius 2 is 1.96 bits per heavy atom. The molecule has 0 bridgehead atoms. The van der Waals surface area contributed by atoms with Crippen LogP contribution in [0.5, 0.6) is 5.75 Å². The molecule has 6 nitrogen and oxygen atoms in total. The quantitative estimate of drug-likeness (QED) is 0.829. The average molecular weight is 385 g/mol. The van der Waals surface area contributed by atoms with Crippen LogP contribution in [0.2, 0.25) is 0 Å². The number of ether oxygens (including phenoxy) is 1. The summed E-state index contributed by atoms with van der Waals surface area (Å²) in [6.45, 7) is 3.64. The van der Waals surface area contributed by atoms with Gasteiger partial charge in [-0.3, -0.25) is 9.59 Å². The summed E-state index contributed by atoms with van der Waals surface area (Å²) >= 11 is 0. The van der Waals surface area contributed by atoms with Gasteiger partial charge >= 0.3 is 0 Å². The van der Waals surface area contributed by atoms with E-state index in [1.165, 1.54) is 19.2 Å². The second-order valence-corrected chi connectivity index (χ2v) is 7.36. The zero-order chi connectivity index (χ0) is 20.3. The summed E-state index contributed by atoms with van der Waals surface area (Å²) in [7, 11) is 1.54. The minimum absolute atomic E-state index is 0.123. The molecule has 2 amide bonds. The van der Waals surface area contributed by atoms with Crippen molar-refractivity contribution in [2.75, 3.05) is 32.1 Å². The van der Waals surface area contributed by atoms with Crippen molar-refractivity contribution in [2.24, 2.45) is 11.1 Å². The summed E-state index contributed by atoms with van der Waals surface area (Å²) in [5.74, 6) is -0.595. The van der Waals surface area contributed by atoms with Crippen LogP contribution in [0.1, 0.15) is 34.1 Å². The highest BCUT2D eigenvalue weighted by Crippen LogP contribution is 2.31. The number of amides is 2. The highest BCUT2D eigenvalue weighted by molar-refractivity contribution is 6.09. The van der Waals surface area contributed by atoms with E-state index >= 15 is 0 Å². The third kappa shape index (κ3) is 4.14. The standard InChI is InChI=1S/C21H24FN3O3/c1-21(12-23)9-10-25(13-21)20(27)17-8-5-15(22)11-18(17)24-19(26)14-3-6-16(28-2)7-4-14/h3-8,11H,9-10,12-13,23H2,1-2H3,(H,24,26). The van der Waals surface area contributed by atoms with Gasteiger partial charge in [0.25, 0.3) is 11.8 Å². The highest BCUT2D eigenvalue weighted by Gasteiger charge is 2.35. The van der Waals surface area contributed by atoms with Crippen LogP contribution in [-0.2, 0) is 0 Å². The Kier molecular flexibility index (Phi) is 5.65. The topological polar surface area (TPSA) is 84.7 Å². The summed E-state index contributed by atoms with van der Waals surface area (Å²) < 4.78 is 18.9. The molecule has 1 unspecified atom stereocenters. The second kappa shape index (κ2) is 7.98. The molecule has 7 heteroatoms. The normalized spacial score (nSPS) is 18.8. The Hall–Kier alpha value is -2.93. The molecule has 3 rings (SSSR count). The summed E-state index contributed by atoms with van der Waals surface area (Å²) in [6, 6.07) is 10.3. The largest absolute Gasteiger partial charge is 0.497 e. The first kappa shape index (κ1) is 19.8. The summed E-state index contributed by atoms with van der Waals surface area (Å²) in [5, 5.41) is 2.65. The van der Waals surface area contributed by atoms with Crippen molar-refractivity contribution >= 4 is 17.5 Å². The van der Waals surface area contributed by atoms with E-state index in [1.54, 1.807) is 29.2 Å². The van der Waals surface area contributed by atoms with Crippen molar-refractivity contribution in [2.45, 2.75) is 13.3 Å². The number of carbonyl (C=O) groups excluding carboxylic acids is 2. The van der Waals surface area contributed by atoms with E-state index in [0.29, 0.717) is 30.9 Å². The lowest BCUT2D eigenvalue weighted by Gasteiger charge is -2.23. The van der Waals surface area contributed by atoms with E-state index in [1.807, 2.05) is 6.92 Å². The van der Waals surface area contributed by atoms with Crippen molar-refractivity contribution < 1.29 is 18.7 Å². The monoisotopic (exact) mass is 385 g/mol. The van der Waals surface area contributed by atoms with Gasteiger partial charge in [0.05, 0.1) is 18.4 Å². The average Bonchev–Trinajstić information content (AvgIpc) is 3.10. The highest BCUT2D eigenvalue weighted by atomic mass is 19.1. The Balaban J connectivity index is 1.82. The first-order chi connectivity index (χ1) is 13.3. The summed E-state index contributed by atoms with van der Waals surface area (Å²) in [6.07, 6.45) is 0.809. The fourth-order valence-corrected chi connectivity index (χ4v) is 3.28. The van der Waals surface area contributed by atoms with E-state index < -0.39 is 11.7 Å². The smallest absolute Gasteiger partial charge is 0.255 e. The van der Waals surface area contributed by atoms with Gasteiger partial charge in [-0.15, -0.1) is 0 Å². The minimum atomic E-state index is -0.533. The molecular formula is C21H24FN3O3. The van der Waals surface area contributed by atoms with Crippen LogP contribution < -0.4 is 15.8 Å². The minimum Gasteiger partial charge on any atom is -0.497 e. The zero-order valence-electron chi connectivity index (χ0n) is 16.0. The van der Waals surface area contributed by atoms with Gasteiger partial charge in [-0.1, -0.05) is 6.92 Å². The number of rotatable bonds is 5. The van der Waals surface area contributed by atoms with Gasteiger partial charge in [0, 0.05) is 18.7 Å². The number of likely N-dealkylation sites (tertiary alicyclic amines) is 1. The van der Waals surface area contributed by atoms with Gasteiger partial charge in [-0.25, -0.2) is 4.39 Å². The van der Waals surface area contributed by atoms with Crippen molar-refractivity contribution in [1.29, 1.82) is 0 Å². The molecule has 1 atom stereocenters. The maximum atomic E-state index is 13.8. The predicted octanol–water partition coefficient (Wildman–Crippen LogP) is 2.90. The molecule has 1 aliphatic rings. The van der Waals surface area contributed by atoms with Gasteiger partial charge in [0.1, 0.15) is 11.6 Å². The summed E-state index contributed by atoms with van der Waals surface area (Å²) in [4.78, 5) is 27.2. The molecule has 148 valence electrons. The number of carbonyl (C=O) groups is 2. The van der Waals surface area contributed by atoms with Gasteiger partial charge < -0.3 is 20.7 Å². The van der Waals surface area contributed by atoms with Crippen molar-refractivity contribution in [1.82, 2.24) is 4.90 Å². The Morgan fingerprint density at radius 1 is 1.25 bits per heavy atom. The number of nitrogens with one attached hydrogen (secondary N) is 1. The molecule has 3 N–H and O–H groups in total. The van der Waals surface area contributed by atoms with E-state index in [9.17, 15) is 14.0 Å². The summed E-state index contributed by atoms with van der Waals surface area (Å²) in [5.41, 5.74) is 6.47.